The van der Waals surface area contributed by atoms with Gasteiger partial charge in [0.05, 0.1) is 61.6 Å². The van der Waals surface area contributed by atoms with Gasteiger partial charge in [-0.3, -0.25) is 9.59 Å². The highest BCUT2D eigenvalue weighted by Gasteiger charge is 2.39. The summed E-state index contributed by atoms with van der Waals surface area (Å²) in [6.45, 7) is 4.71. The molecule has 2 saturated heterocycles. The SMILES string of the molecule is COC(=O)N[C@H](C(=O)N1CCC[C@H]1c1ncc(-c2cnc(-c3ccc(-c4cnc([C@@H]5CCCN5C(=O)C[C@@H](C)OC)[nH]4)c(F)c3)nc2)[nH]1)[C@@H](C)OC. The topological polar surface area (TPSA) is 181 Å². The molecule has 2 aliphatic rings. The van der Waals surface area contributed by atoms with Gasteiger partial charge in [0.15, 0.2) is 5.82 Å². The number of imidazole rings is 2. The van der Waals surface area contributed by atoms with E-state index in [0.29, 0.717) is 71.5 Å². The Bertz CT molecular complexity index is 1880. The highest BCUT2D eigenvalue weighted by molar-refractivity contribution is 5.87. The fourth-order valence-electron chi connectivity index (χ4n) is 6.78. The summed E-state index contributed by atoms with van der Waals surface area (Å²) in [5.74, 6) is 0.816. The van der Waals surface area contributed by atoms with Gasteiger partial charge in [-0.25, -0.2) is 29.1 Å². The molecule has 52 heavy (non-hydrogen) atoms. The largest absolute Gasteiger partial charge is 0.453 e. The van der Waals surface area contributed by atoms with Gasteiger partial charge in [0.2, 0.25) is 11.8 Å². The van der Waals surface area contributed by atoms with Crippen LogP contribution in [0.5, 0.6) is 0 Å². The number of nitrogens with zero attached hydrogens (tertiary/aromatic N) is 6. The molecule has 2 aliphatic heterocycles. The molecule has 0 spiro atoms. The average molecular weight is 718 g/mol. The van der Waals surface area contributed by atoms with Crippen LogP contribution in [0.25, 0.3) is 33.9 Å². The number of rotatable bonds is 12. The third kappa shape index (κ3) is 7.67. The van der Waals surface area contributed by atoms with Crippen molar-refractivity contribution in [1.29, 1.82) is 0 Å². The van der Waals surface area contributed by atoms with Gasteiger partial charge in [-0.1, -0.05) is 6.07 Å². The molecule has 0 radical (unpaired) electrons. The van der Waals surface area contributed by atoms with Crippen LogP contribution >= 0.6 is 0 Å². The van der Waals surface area contributed by atoms with Gasteiger partial charge >= 0.3 is 6.09 Å². The van der Waals surface area contributed by atoms with Crippen LogP contribution in [0.15, 0.2) is 43.0 Å². The molecule has 1 aromatic carbocycles. The van der Waals surface area contributed by atoms with E-state index in [2.05, 4.69) is 35.2 Å². The van der Waals surface area contributed by atoms with E-state index in [0.717, 1.165) is 19.3 Å². The molecule has 276 valence electrons. The third-order valence-corrected chi connectivity index (χ3v) is 9.84. The Balaban J connectivity index is 1.13. The number of likely N-dealkylation sites (tertiary alicyclic amines) is 2. The Morgan fingerprint density at radius 1 is 0.865 bits per heavy atom. The van der Waals surface area contributed by atoms with E-state index >= 15 is 4.39 Å². The van der Waals surface area contributed by atoms with Crippen LogP contribution < -0.4 is 5.32 Å². The maximum atomic E-state index is 15.5. The average Bonchev–Trinajstić information content (AvgIpc) is 3.99. The van der Waals surface area contributed by atoms with Crippen molar-refractivity contribution >= 4 is 17.9 Å². The van der Waals surface area contributed by atoms with E-state index in [-0.39, 0.29) is 30.0 Å². The van der Waals surface area contributed by atoms with Crippen LogP contribution in [0.3, 0.4) is 0 Å². The summed E-state index contributed by atoms with van der Waals surface area (Å²) in [4.78, 5) is 66.5. The predicted molar refractivity (Wildman–Crippen MR) is 187 cm³/mol. The van der Waals surface area contributed by atoms with Crippen molar-refractivity contribution in [3.63, 3.8) is 0 Å². The number of benzene rings is 1. The van der Waals surface area contributed by atoms with Crippen molar-refractivity contribution in [2.24, 2.45) is 0 Å². The number of hydrogen-bond acceptors (Lipinski definition) is 10. The summed E-state index contributed by atoms with van der Waals surface area (Å²) in [6.07, 6.45) is 8.41. The van der Waals surface area contributed by atoms with Gasteiger partial charge in [0, 0.05) is 56.4 Å². The van der Waals surface area contributed by atoms with Crippen molar-refractivity contribution in [1.82, 2.24) is 45.0 Å². The van der Waals surface area contributed by atoms with Crippen molar-refractivity contribution in [2.75, 3.05) is 34.4 Å². The lowest BCUT2D eigenvalue weighted by Gasteiger charge is -2.30. The zero-order valence-corrected chi connectivity index (χ0v) is 29.9. The molecule has 2 fully saturated rings. The number of amides is 3. The molecule has 5 atom stereocenters. The number of alkyl carbamates (subject to hydrolysis) is 1. The van der Waals surface area contributed by atoms with Gasteiger partial charge in [-0.05, 0) is 51.7 Å². The summed E-state index contributed by atoms with van der Waals surface area (Å²) in [5.41, 5.74) is 2.67. The van der Waals surface area contributed by atoms with E-state index in [1.165, 1.54) is 20.3 Å². The van der Waals surface area contributed by atoms with Gasteiger partial charge in [-0.2, -0.15) is 0 Å². The number of aromatic amines is 2. The van der Waals surface area contributed by atoms with Gasteiger partial charge < -0.3 is 39.3 Å². The number of methoxy groups -OCH3 is 3. The molecule has 0 bridgehead atoms. The Morgan fingerprint density at radius 2 is 1.50 bits per heavy atom. The molecule has 15 nitrogen and oxygen atoms in total. The van der Waals surface area contributed by atoms with Crippen molar-refractivity contribution in [3.8, 4) is 33.9 Å². The number of hydrogen-bond donors (Lipinski definition) is 3. The Morgan fingerprint density at radius 3 is 2.13 bits per heavy atom. The quantitative estimate of drug-likeness (QED) is 0.188. The molecule has 0 unspecified atom stereocenters. The third-order valence-electron chi connectivity index (χ3n) is 9.84. The van der Waals surface area contributed by atoms with Gasteiger partial charge in [0.25, 0.3) is 0 Å². The molecule has 4 aromatic rings. The first-order valence-corrected chi connectivity index (χ1v) is 17.3. The number of ether oxygens (including phenoxy) is 3. The lowest BCUT2D eigenvalue weighted by Crippen LogP contribution is -2.54. The molecule has 6 rings (SSSR count). The van der Waals surface area contributed by atoms with Gasteiger partial charge in [-0.15, -0.1) is 0 Å². The van der Waals surface area contributed by atoms with Crippen LogP contribution in [0, 0.1) is 5.82 Å². The molecule has 0 aliphatic carbocycles. The second-order valence-electron chi connectivity index (χ2n) is 13.1. The molecule has 0 saturated carbocycles. The van der Waals surface area contributed by atoms with Crippen LogP contribution in [-0.4, -0.2) is 110 Å². The monoisotopic (exact) mass is 717 g/mol. The van der Waals surface area contributed by atoms with Crippen LogP contribution in [-0.2, 0) is 23.8 Å². The summed E-state index contributed by atoms with van der Waals surface area (Å²) >= 11 is 0. The first-order valence-electron chi connectivity index (χ1n) is 17.3. The molecule has 3 N–H and O–H groups in total. The first kappa shape index (κ1) is 36.6. The maximum absolute atomic E-state index is 15.5. The Hall–Kier alpha value is -5.22. The summed E-state index contributed by atoms with van der Waals surface area (Å²) in [6, 6.07) is 3.33. The van der Waals surface area contributed by atoms with Crippen LogP contribution in [0.2, 0.25) is 0 Å². The van der Waals surface area contributed by atoms with E-state index in [1.54, 1.807) is 55.9 Å². The van der Waals surface area contributed by atoms with E-state index < -0.39 is 24.1 Å². The minimum Gasteiger partial charge on any atom is -0.453 e. The molecule has 3 aromatic heterocycles. The number of nitrogens with one attached hydrogen (secondary N) is 3. The lowest BCUT2D eigenvalue weighted by molar-refractivity contribution is -0.137. The predicted octanol–water partition coefficient (Wildman–Crippen LogP) is 4.57. The maximum Gasteiger partial charge on any atom is 0.407 e. The highest BCUT2D eigenvalue weighted by atomic mass is 19.1. The standard InChI is InChI=1S/C36H44FN9O6/c1-20(50-3)14-30(47)45-12-6-8-28(45)33-41-19-27(43-33)24-11-10-22(15-25(24)37)32-38-16-23(17-39-32)26-18-40-34(42-26)29-9-7-13-46(29)35(48)31(21(2)51-4)44-36(49)52-5/h10-11,15-21,28-29,31H,6-9,12-14H2,1-5H3,(H,40,42)(H,41,43)(H,44,49)/t20-,21-,28+,29+,31+/m1/s1. The minimum atomic E-state index is -0.931. The number of halogens is 1. The molecule has 16 heteroatoms. The van der Waals surface area contributed by atoms with E-state index in [1.807, 2.05) is 11.8 Å². The highest BCUT2D eigenvalue weighted by Crippen LogP contribution is 2.35. The zero-order valence-electron chi connectivity index (χ0n) is 29.9. The van der Waals surface area contributed by atoms with Crippen molar-refractivity contribution < 1.29 is 33.0 Å². The second-order valence-corrected chi connectivity index (χ2v) is 13.1. The van der Waals surface area contributed by atoms with E-state index in [9.17, 15) is 14.4 Å². The fraction of sp³-hybridized carbons (Fsp3) is 0.472. The van der Waals surface area contributed by atoms with E-state index in [4.69, 9.17) is 14.2 Å². The smallest absolute Gasteiger partial charge is 0.407 e. The minimum absolute atomic E-state index is 0.00853. The molecule has 3 amide bonds. The first-order chi connectivity index (χ1) is 25.1. The summed E-state index contributed by atoms with van der Waals surface area (Å²) in [5, 5.41) is 2.59. The van der Waals surface area contributed by atoms with Crippen molar-refractivity contribution in [2.45, 2.75) is 76.3 Å². The van der Waals surface area contributed by atoms with Gasteiger partial charge in [0.1, 0.15) is 23.5 Å². The molecular formula is C36H44FN9O6. The summed E-state index contributed by atoms with van der Waals surface area (Å²) in [7, 11) is 4.30. The van der Waals surface area contributed by atoms with Crippen LogP contribution in [0.4, 0.5) is 9.18 Å². The number of carbonyl (C=O) groups is 3. The number of H-pyrrole nitrogens is 2. The fourth-order valence-corrected chi connectivity index (χ4v) is 6.78. The second kappa shape index (κ2) is 16.0. The molecule has 5 heterocycles. The normalized spacial score (nSPS) is 19.0. The Labute approximate surface area is 300 Å². The number of carbonyl (C=O) groups excluding carboxylic acids is 3. The van der Waals surface area contributed by atoms with Crippen LogP contribution in [0.1, 0.15) is 69.7 Å². The molecular weight excluding hydrogens is 673 g/mol. The Kier molecular flexibility index (Phi) is 11.2. The van der Waals surface area contributed by atoms with Crippen molar-refractivity contribution in [3.05, 3.63) is 60.5 Å². The lowest BCUT2D eigenvalue weighted by atomic mass is 10.1. The zero-order chi connectivity index (χ0) is 36.9. The summed E-state index contributed by atoms with van der Waals surface area (Å²) < 4.78 is 30.9. The number of aromatic nitrogens is 6.